The van der Waals surface area contributed by atoms with Gasteiger partial charge < -0.3 is 20.3 Å². The Morgan fingerprint density at radius 3 is 1.40 bits per heavy atom. The second-order valence-electron chi connectivity index (χ2n) is 14.1. The first-order chi connectivity index (χ1) is 38.1. The van der Waals surface area contributed by atoms with Crippen molar-refractivity contribution in [3.8, 4) is 260 Å². The molecule has 4 aromatic rings. The Bertz CT molecular complexity index is 4400. The third kappa shape index (κ3) is 20.4. The zero-order valence-corrected chi connectivity index (χ0v) is 41.1. The quantitative estimate of drug-likeness (QED) is 0.139. The average Bonchev–Trinajstić information content (AvgIpc) is 4.07. The summed E-state index contributed by atoms with van der Waals surface area (Å²) in [4.78, 5) is 13.3. The second-order valence-corrected chi connectivity index (χ2v) is 14.1. The number of piperidine rings is 1. The largest absolute Gasteiger partial charge is 0.390 e. The van der Waals surface area contributed by atoms with E-state index in [4.69, 9.17) is 6.42 Å². The molecular formula is C67H28F5N5O. The highest BCUT2D eigenvalue weighted by molar-refractivity contribution is 5.92. The number of nitrogens with one attached hydrogen (secondary N) is 2. The summed E-state index contributed by atoms with van der Waals surface area (Å²) in [6.45, 7) is 6.61. The Hall–Kier alpha value is -12.4. The van der Waals surface area contributed by atoms with Crippen LogP contribution in [0.2, 0.25) is 0 Å². The van der Waals surface area contributed by atoms with Crippen LogP contribution in [0.3, 0.4) is 0 Å². The van der Waals surface area contributed by atoms with Crippen LogP contribution in [0, 0.1) is 273 Å². The molecule has 0 saturated carbocycles. The van der Waals surface area contributed by atoms with Gasteiger partial charge in [-0.25, -0.2) is 26.9 Å². The Morgan fingerprint density at radius 1 is 0.603 bits per heavy atom. The summed E-state index contributed by atoms with van der Waals surface area (Å²) in [5.74, 6) is 90.9. The number of aliphatic hydroxyl groups is 1. The third-order valence-corrected chi connectivity index (χ3v) is 9.08. The average molecular weight is 1010 g/mol. The molecule has 0 unspecified atom stereocenters. The summed E-state index contributed by atoms with van der Waals surface area (Å²) in [5, 5.41) is 14.1. The first kappa shape index (κ1) is 58.2. The number of benzene rings is 2. The predicted molar refractivity (Wildman–Crippen MR) is 292 cm³/mol. The number of hydrogen-bond donors (Lipinski definition) is 3. The Morgan fingerprint density at radius 2 is 1.01 bits per heavy atom. The molecule has 0 amide bonds. The number of imidazole rings is 1. The molecule has 2 aromatic carbocycles. The lowest BCUT2D eigenvalue weighted by Gasteiger charge is -2.39. The molecule has 1 fully saturated rings. The van der Waals surface area contributed by atoms with Gasteiger partial charge in [-0.3, -0.25) is 4.98 Å². The van der Waals surface area contributed by atoms with Crippen LogP contribution in [0.15, 0.2) is 30.5 Å². The van der Waals surface area contributed by atoms with Crippen molar-refractivity contribution in [3.05, 3.63) is 65.2 Å². The summed E-state index contributed by atoms with van der Waals surface area (Å²) in [5.41, 5.74) is 1.33. The van der Waals surface area contributed by atoms with Gasteiger partial charge in [-0.15, -0.1) is 6.42 Å². The number of aryl methyl sites for hydroxylation is 1. The molecule has 11 heteroatoms. The predicted octanol–water partition coefficient (Wildman–Crippen LogP) is 5.55. The van der Waals surface area contributed by atoms with Crippen LogP contribution < -0.4 is 10.2 Å². The minimum absolute atomic E-state index is 0.0650. The number of halogens is 5. The number of pyridine rings is 1. The standard InChI is InChI=1S/C41H4.C26H24F5N5O/c1-3-5-7-9-11-13-15-17-19-21-23-25-27-29-31-33-35-37-39-41-40-38-36-34-32-30-28-26-24-22-20-18-16-14-12-10-8-6-4-2;1-3-32-18-4-5-36(11-20(18)37)25-16(13-6-14(27)8-15(28)7-13)10-33-12(2)21(25)26-34-19-9-17(29)22(30)23(31)24(19)35-26/h1H,2H3;6-10,18,20,32,37H,3-5,11H2,1-2H3,(H,34,35)/t;18-,20+/m.1/s1. The molecule has 78 heavy (non-hydrogen) atoms. The molecule has 0 bridgehead atoms. The van der Waals surface area contributed by atoms with Crippen molar-refractivity contribution in [1.82, 2.24) is 20.3 Å². The number of aromatic nitrogens is 3. The molecule has 3 heterocycles. The van der Waals surface area contributed by atoms with Crippen LogP contribution in [0.25, 0.3) is 33.5 Å². The summed E-state index contributed by atoms with van der Waals surface area (Å²) in [7, 11) is 0. The molecule has 1 aliphatic rings. The molecule has 2 atom stereocenters. The minimum Gasteiger partial charge on any atom is -0.390 e. The molecule has 362 valence electrons. The monoisotopic (exact) mass is 1010 g/mol. The number of rotatable bonds is 5. The maximum Gasteiger partial charge on any atom is 0.196 e. The van der Waals surface area contributed by atoms with E-state index in [1.54, 1.807) is 13.8 Å². The van der Waals surface area contributed by atoms with Crippen molar-refractivity contribution in [2.45, 2.75) is 39.3 Å². The van der Waals surface area contributed by atoms with Crippen molar-refractivity contribution < 1.29 is 27.1 Å². The van der Waals surface area contributed by atoms with Crippen LogP contribution >= 0.6 is 0 Å². The molecule has 0 aliphatic carbocycles. The zero-order valence-electron chi connectivity index (χ0n) is 41.1. The molecule has 5 rings (SSSR count). The number of likely N-dealkylation sites (N-methyl/N-ethyl adjacent to an activating group) is 1. The smallest absolute Gasteiger partial charge is 0.196 e. The van der Waals surface area contributed by atoms with E-state index in [0.717, 1.165) is 24.3 Å². The van der Waals surface area contributed by atoms with Gasteiger partial charge in [-0.05, 0) is 139 Å². The van der Waals surface area contributed by atoms with E-state index in [-0.39, 0.29) is 29.5 Å². The second kappa shape index (κ2) is 34.1. The van der Waals surface area contributed by atoms with Crippen molar-refractivity contribution in [1.29, 1.82) is 0 Å². The van der Waals surface area contributed by atoms with Gasteiger partial charge in [0.2, 0.25) is 0 Å². The topological polar surface area (TPSA) is 77.1 Å². The van der Waals surface area contributed by atoms with E-state index in [2.05, 4.69) is 251 Å². The maximum atomic E-state index is 14.5. The SMILES string of the molecule is C#CC#CC#CC#CC#CC#CC#CC#CC#CC#CC#CC#CC#CC#CC#CC#CC#CC#CC#CC#CC.CCN[C@@H]1CCN(c2c(-c3cc(F)cc(F)c3)cnc(C)c2-c2nc3c(F)c(F)c(F)cc3[nH]2)C[C@@H]1O. The molecule has 1 saturated heterocycles. The van der Waals surface area contributed by atoms with E-state index in [0.29, 0.717) is 42.0 Å². The summed E-state index contributed by atoms with van der Waals surface area (Å²) >= 11 is 0. The fraction of sp³-hybridized carbons (Fsp3) is 0.134. The van der Waals surface area contributed by atoms with Crippen molar-refractivity contribution in [3.63, 3.8) is 0 Å². The van der Waals surface area contributed by atoms with E-state index < -0.39 is 40.7 Å². The zero-order chi connectivity index (χ0) is 56.0. The van der Waals surface area contributed by atoms with Gasteiger partial charge in [-0.2, -0.15) is 0 Å². The van der Waals surface area contributed by atoms with Crippen molar-refractivity contribution in [2.75, 3.05) is 24.5 Å². The van der Waals surface area contributed by atoms with Crippen molar-refractivity contribution in [2.24, 2.45) is 0 Å². The number of nitrogens with zero attached hydrogens (tertiary/aromatic N) is 3. The Kier molecular flexibility index (Phi) is 25.4. The van der Waals surface area contributed by atoms with Crippen LogP contribution in [0.4, 0.5) is 27.6 Å². The Balaban J connectivity index is 0.000000337. The fourth-order valence-corrected chi connectivity index (χ4v) is 6.13. The first-order valence-corrected chi connectivity index (χ1v) is 22.1. The number of anilines is 1. The van der Waals surface area contributed by atoms with E-state index in [9.17, 15) is 27.1 Å². The third-order valence-electron chi connectivity index (χ3n) is 9.08. The molecule has 1 aliphatic heterocycles. The first-order valence-electron chi connectivity index (χ1n) is 22.1. The summed E-state index contributed by atoms with van der Waals surface area (Å²) in [6.07, 6.45) is 6.20. The number of H-pyrrole nitrogens is 1. The highest BCUT2D eigenvalue weighted by atomic mass is 19.2. The highest BCUT2D eigenvalue weighted by Crippen LogP contribution is 2.42. The van der Waals surface area contributed by atoms with Gasteiger partial charge in [-0.1, -0.05) is 12.8 Å². The lowest BCUT2D eigenvalue weighted by Crippen LogP contribution is -2.53. The molecular weight excluding hydrogens is 986 g/mol. The van der Waals surface area contributed by atoms with Gasteiger partial charge >= 0.3 is 0 Å². The van der Waals surface area contributed by atoms with E-state index in [1.807, 2.05) is 11.8 Å². The minimum atomic E-state index is -1.64. The lowest BCUT2D eigenvalue weighted by atomic mass is 9.95. The van der Waals surface area contributed by atoms with E-state index >= 15 is 0 Å². The summed E-state index contributed by atoms with van der Waals surface area (Å²) < 4.78 is 70.7. The molecule has 3 N–H and O–H groups in total. The lowest BCUT2D eigenvalue weighted by molar-refractivity contribution is 0.115. The van der Waals surface area contributed by atoms with Crippen LogP contribution in [0.5, 0.6) is 0 Å². The molecule has 0 spiro atoms. The molecule has 0 radical (unpaired) electrons. The highest BCUT2D eigenvalue weighted by Gasteiger charge is 2.32. The number of hydrogen-bond acceptors (Lipinski definition) is 5. The van der Waals surface area contributed by atoms with Crippen molar-refractivity contribution >= 4 is 16.7 Å². The number of aromatic amines is 1. The number of aliphatic hydroxyl groups excluding tert-OH is 1. The van der Waals surface area contributed by atoms with E-state index in [1.165, 1.54) is 6.20 Å². The van der Waals surface area contributed by atoms with Gasteiger partial charge in [0.25, 0.3) is 0 Å². The number of terminal acetylenes is 1. The number of fused-ring (bicyclic) bond motifs is 1. The van der Waals surface area contributed by atoms with Gasteiger partial charge in [0.05, 0.1) is 28.6 Å². The van der Waals surface area contributed by atoms with Crippen LogP contribution in [-0.4, -0.2) is 51.8 Å². The van der Waals surface area contributed by atoms with Gasteiger partial charge in [0, 0.05) is 173 Å². The fourth-order valence-electron chi connectivity index (χ4n) is 6.13. The van der Waals surface area contributed by atoms with Crippen LogP contribution in [0.1, 0.15) is 26.0 Å². The maximum absolute atomic E-state index is 14.5. The Labute approximate surface area is 451 Å². The van der Waals surface area contributed by atoms with Gasteiger partial charge in [0.15, 0.2) is 17.5 Å². The van der Waals surface area contributed by atoms with Gasteiger partial charge in [0.1, 0.15) is 23.0 Å². The number of β-amino-alcohol motifs (C(OH)–C–C–N with tert-alkyl or cyclic N) is 1. The molecule has 6 nitrogen and oxygen atoms in total. The summed E-state index contributed by atoms with van der Waals surface area (Å²) in [6, 6.07) is 3.74. The normalized spacial score (nSPS) is 10.6. The molecule has 2 aromatic heterocycles. The van der Waals surface area contributed by atoms with Crippen LogP contribution in [-0.2, 0) is 0 Å².